The maximum Gasteiger partial charge on any atom is 0.191 e. The lowest BCUT2D eigenvalue weighted by Crippen LogP contribution is -2.25. The molecule has 1 aromatic carbocycles. The third kappa shape index (κ3) is 4.65. The molecule has 0 bridgehead atoms. The fourth-order valence-electron chi connectivity index (χ4n) is 1.39. The second-order valence-corrected chi connectivity index (χ2v) is 4.32. The number of hydrogen-bond donors (Lipinski definition) is 0. The van der Waals surface area contributed by atoms with Gasteiger partial charge in [-0.1, -0.05) is 15.9 Å². The maximum atomic E-state index is 9.00. The van der Waals surface area contributed by atoms with Crippen molar-refractivity contribution in [2.24, 2.45) is 0 Å². The Morgan fingerprint density at radius 2 is 1.94 bits per heavy atom. The number of ether oxygens (including phenoxy) is 3. The first kappa shape index (κ1) is 15.0. The Hall–Kier alpha value is -1.09. The number of halogens is 1. The van der Waals surface area contributed by atoms with Crippen molar-refractivity contribution in [3.63, 3.8) is 0 Å². The molecular weight excluding hydrogens is 298 g/mol. The van der Waals surface area contributed by atoms with Gasteiger partial charge in [-0.05, 0) is 32.0 Å². The van der Waals surface area contributed by atoms with Gasteiger partial charge in [0.15, 0.2) is 6.29 Å². The molecule has 5 heteroatoms. The Labute approximate surface area is 116 Å². The predicted molar refractivity (Wildman–Crippen MR) is 71.4 cm³/mol. The summed E-state index contributed by atoms with van der Waals surface area (Å²) in [5.74, 6) is 0.533. The van der Waals surface area contributed by atoms with Gasteiger partial charge in [0.1, 0.15) is 18.4 Å². The van der Waals surface area contributed by atoms with Gasteiger partial charge in [0.25, 0.3) is 0 Å². The number of hydrogen-bond acceptors (Lipinski definition) is 4. The molecule has 0 unspecified atom stereocenters. The van der Waals surface area contributed by atoms with Crippen LogP contribution >= 0.6 is 15.9 Å². The normalized spacial score (nSPS) is 10.4. The molecule has 0 saturated heterocycles. The molecule has 0 aliphatic rings. The van der Waals surface area contributed by atoms with E-state index in [1.807, 2.05) is 19.9 Å². The van der Waals surface area contributed by atoms with Crippen molar-refractivity contribution in [1.82, 2.24) is 0 Å². The van der Waals surface area contributed by atoms with Gasteiger partial charge in [-0.15, -0.1) is 0 Å². The van der Waals surface area contributed by atoms with Crippen LogP contribution in [0, 0.1) is 11.3 Å². The molecule has 98 valence electrons. The minimum absolute atomic E-state index is 0.262. The van der Waals surface area contributed by atoms with Crippen LogP contribution in [0.2, 0.25) is 0 Å². The van der Waals surface area contributed by atoms with Crippen LogP contribution in [0.25, 0.3) is 0 Å². The summed E-state index contributed by atoms with van der Waals surface area (Å²) < 4.78 is 17.1. The third-order valence-electron chi connectivity index (χ3n) is 2.14. The second kappa shape index (κ2) is 8.09. The predicted octanol–water partition coefficient (Wildman–Crippen LogP) is 3.10. The van der Waals surface area contributed by atoms with Crippen LogP contribution in [0.3, 0.4) is 0 Å². The first-order valence-electron chi connectivity index (χ1n) is 5.76. The molecule has 0 radical (unpaired) electrons. The van der Waals surface area contributed by atoms with E-state index < -0.39 is 6.29 Å². The molecule has 0 amide bonds. The van der Waals surface area contributed by atoms with Crippen LogP contribution in [-0.4, -0.2) is 26.1 Å². The van der Waals surface area contributed by atoms with Gasteiger partial charge >= 0.3 is 0 Å². The van der Waals surface area contributed by atoms with Gasteiger partial charge in [0.2, 0.25) is 0 Å². The summed E-state index contributed by atoms with van der Waals surface area (Å²) in [5.41, 5.74) is 0.483. The number of rotatable bonds is 7. The van der Waals surface area contributed by atoms with E-state index in [0.717, 1.165) is 4.47 Å². The van der Waals surface area contributed by atoms with Crippen LogP contribution < -0.4 is 4.74 Å². The average molecular weight is 314 g/mol. The lowest BCUT2D eigenvalue weighted by molar-refractivity contribution is -0.152. The Kier molecular flexibility index (Phi) is 6.73. The average Bonchev–Trinajstić information content (AvgIpc) is 2.37. The minimum atomic E-state index is -0.407. The molecule has 0 aromatic heterocycles. The van der Waals surface area contributed by atoms with E-state index in [1.54, 1.807) is 12.1 Å². The Bertz CT molecular complexity index is 411. The summed E-state index contributed by atoms with van der Waals surface area (Å²) in [7, 11) is 0. The van der Waals surface area contributed by atoms with Crippen molar-refractivity contribution < 1.29 is 14.2 Å². The fraction of sp³-hybridized carbons (Fsp3) is 0.462. The monoisotopic (exact) mass is 313 g/mol. The lowest BCUT2D eigenvalue weighted by atomic mass is 10.2. The first-order chi connectivity index (χ1) is 8.71. The van der Waals surface area contributed by atoms with Gasteiger partial charge < -0.3 is 14.2 Å². The molecule has 1 rings (SSSR count). The highest BCUT2D eigenvalue weighted by molar-refractivity contribution is 9.10. The van der Waals surface area contributed by atoms with Crippen molar-refractivity contribution >= 4 is 15.9 Å². The number of nitrogens with zero attached hydrogens (tertiary/aromatic N) is 1. The molecule has 0 atom stereocenters. The van der Waals surface area contributed by atoms with Crippen LogP contribution in [0.1, 0.15) is 19.4 Å². The van der Waals surface area contributed by atoms with Crippen LogP contribution in [-0.2, 0) is 9.47 Å². The van der Waals surface area contributed by atoms with E-state index in [2.05, 4.69) is 22.0 Å². The molecular formula is C13H16BrNO3. The van der Waals surface area contributed by atoms with Crippen LogP contribution in [0.5, 0.6) is 5.75 Å². The fourth-order valence-corrected chi connectivity index (χ4v) is 1.75. The lowest BCUT2D eigenvalue weighted by Gasteiger charge is -2.17. The molecule has 0 spiro atoms. The molecule has 0 aliphatic carbocycles. The van der Waals surface area contributed by atoms with Crippen molar-refractivity contribution in [3.8, 4) is 11.8 Å². The van der Waals surface area contributed by atoms with E-state index in [9.17, 15) is 0 Å². The molecule has 0 fully saturated rings. The number of benzene rings is 1. The van der Waals surface area contributed by atoms with Gasteiger partial charge in [0.05, 0.1) is 5.56 Å². The zero-order chi connectivity index (χ0) is 13.4. The van der Waals surface area contributed by atoms with Crippen molar-refractivity contribution in [2.75, 3.05) is 19.8 Å². The second-order valence-electron chi connectivity index (χ2n) is 3.40. The van der Waals surface area contributed by atoms with Gasteiger partial charge in [0, 0.05) is 17.7 Å². The SMILES string of the molecule is CCOC(COc1ccc(Br)cc1C#N)OCC. The molecule has 1 aromatic rings. The summed E-state index contributed by atoms with van der Waals surface area (Å²) in [6.45, 7) is 5.16. The summed E-state index contributed by atoms with van der Waals surface area (Å²) in [4.78, 5) is 0. The van der Waals surface area contributed by atoms with Gasteiger partial charge in [-0.25, -0.2) is 0 Å². The van der Waals surface area contributed by atoms with E-state index in [-0.39, 0.29) is 6.61 Å². The molecule has 4 nitrogen and oxygen atoms in total. The zero-order valence-electron chi connectivity index (χ0n) is 10.5. The van der Waals surface area contributed by atoms with E-state index >= 15 is 0 Å². The standard InChI is InChI=1S/C13H16BrNO3/c1-3-16-13(17-4-2)9-18-12-6-5-11(14)7-10(12)8-15/h5-7,13H,3-4,9H2,1-2H3. The third-order valence-corrected chi connectivity index (χ3v) is 2.64. The highest BCUT2D eigenvalue weighted by atomic mass is 79.9. The van der Waals surface area contributed by atoms with Crippen LogP contribution in [0.15, 0.2) is 22.7 Å². The van der Waals surface area contributed by atoms with E-state index in [4.69, 9.17) is 19.5 Å². The Balaban J connectivity index is 2.64. The molecule has 0 heterocycles. The minimum Gasteiger partial charge on any atom is -0.487 e. The topological polar surface area (TPSA) is 51.5 Å². The zero-order valence-corrected chi connectivity index (χ0v) is 12.1. The largest absolute Gasteiger partial charge is 0.487 e. The van der Waals surface area contributed by atoms with Crippen LogP contribution in [0.4, 0.5) is 0 Å². The smallest absolute Gasteiger partial charge is 0.191 e. The highest BCUT2D eigenvalue weighted by Crippen LogP contribution is 2.22. The summed E-state index contributed by atoms with van der Waals surface area (Å²) in [5, 5.41) is 9.00. The Morgan fingerprint density at radius 3 is 2.50 bits per heavy atom. The first-order valence-corrected chi connectivity index (χ1v) is 6.56. The van der Waals surface area contributed by atoms with Crippen molar-refractivity contribution in [2.45, 2.75) is 20.1 Å². The molecule has 0 aliphatic heterocycles. The van der Waals surface area contributed by atoms with E-state index in [0.29, 0.717) is 24.5 Å². The molecule has 0 saturated carbocycles. The van der Waals surface area contributed by atoms with Crippen molar-refractivity contribution in [3.05, 3.63) is 28.2 Å². The van der Waals surface area contributed by atoms with Gasteiger partial charge in [-0.2, -0.15) is 5.26 Å². The van der Waals surface area contributed by atoms with E-state index in [1.165, 1.54) is 0 Å². The summed E-state index contributed by atoms with van der Waals surface area (Å²) in [6, 6.07) is 7.38. The molecule has 18 heavy (non-hydrogen) atoms. The quantitative estimate of drug-likeness (QED) is 0.726. The summed E-state index contributed by atoms with van der Waals surface area (Å²) >= 11 is 3.31. The maximum absolute atomic E-state index is 9.00. The number of nitriles is 1. The molecule has 0 N–H and O–H groups in total. The van der Waals surface area contributed by atoms with Gasteiger partial charge in [-0.3, -0.25) is 0 Å². The highest BCUT2D eigenvalue weighted by Gasteiger charge is 2.11. The summed E-state index contributed by atoms with van der Waals surface area (Å²) in [6.07, 6.45) is -0.407. The van der Waals surface area contributed by atoms with Crippen molar-refractivity contribution in [1.29, 1.82) is 5.26 Å². The Morgan fingerprint density at radius 1 is 1.28 bits per heavy atom.